The topological polar surface area (TPSA) is 29.5 Å². The Morgan fingerprint density at radius 1 is 1.04 bits per heavy atom. The van der Waals surface area contributed by atoms with Crippen LogP contribution in [-0.2, 0) is 4.74 Å². The van der Waals surface area contributed by atoms with Crippen LogP contribution in [-0.4, -0.2) is 24.4 Å². The number of aliphatic hydroxyl groups excluding tert-OH is 1. The lowest BCUT2D eigenvalue weighted by Gasteiger charge is -2.61. The molecular weight excluding hydrogens is 284 g/mol. The zero-order valence-corrected chi connectivity index (χ0v) is 15.2. The van der Waals surface area contributed by atoms with Crippen molar-refractivity contribution in [1.29, 1.82) is 0 Å². The number of allylic oxidation sites excluding steroid dienone is 1. The molecule has 4 aliphatic carbocycles. The number of methoxy groups -OCH3 is 1. The monoisotopic (exact) mass is 318 g/mol. The van der Waals surface area contributed by atoms with Crippen molar-refractivity contribution >= 4 is 0 Å². The SMILES string of the molecule is C=C1C[C@@H]2[C@H]3CC[C@@H]4[C@H](OC)[C@@H](O)CC[C@@]4(C)[C@@H]3CC[C@@]2(C)C1. The summed E-state index contributed by atoms with van der Waals surface area (Å²) in [6.07, 6.45) is 9.78. The minimum atomic E-state index is -0.255. The minimum Gasteiger partial charge on any atom is -0.390 e. The van der Waals surface area contributed by atoms with Gasteiger partial charge in [0, 0.05) is 7.11 Å². The van der Waals surface area contributed by atoms with Gasteiger partial charge in [0.2, 0.25) is 0 Å². The summed E-state index contributed by atoms with van der Waals surface area (Å²) in [5.74, 6) is 3.11. The Bertz CT molecular complexity index is 500. The van der Waals surface area contributed by atoms with Gasteiger partial charge >= 0.3 is 0 Å². The molecule has 4 fully saturated rings. The highest BCUT2D eigenvalue weighted by Crippen LogP contribution is 2.66. The molecule has 0 spiro atoms. The number of hydrogen-bond acceptors (Lipinski definition) is 2. The summed E-state index contributed by atoms with van der Waals surface area (Å²) in [4.78, 5) is 0. The molecule has 23 heavy (non-hydrogen) atoms. The highest BCUT2D eigenvalue weighted by atomic mass is 16.5. The number of ether oxygens (including phenoxy) is 1. The van der Waals surface area contributed by atoms with Crippen molar-refractivity contribution in [2.24, 2.45) is 34.5 Å². The van der Waals surface area contributed by atoms with Crippen LogP contribution in [0.5, 0.6) is 0 Å². The molecule has 130 valence electrons. The Balaban J connectivity index is 1.64. The smallest absolute Gasteiger partial charge is 0.0863 e. The van der Waals surface area contributed by atoms with Gasteiger partial charge in [-0.1, -0.05) is 26.0 Å². The van der Waals surface area contributed by atoms with Gasteiger partial charge in [-0.05, 0) is 85.9 Å². The van der Waals surface area contributed by atoms with Crippen LogP contribution in [0.15, 0.2) is 12.2 Å². The summed E-state index contributed by atoms with van der Waals surface area (Å²) < 4.78 is 5.78. The maximum atomic E-state index is 10.4. The second-order valence-corrected chi connectivity index (χ2v) is 9.70. The average molecular weight is 319 g/mol. The molecule has 0 aromatic rings. The van der Waals surface area contributed by atoms with Gasteiger partial charge in [0.25, 0.3) is 0 Å². The molecule has 2 heteroatoms. The van der Waals surface area contributed by atoms with E-state index in [0.717, 1.165) is 24.2 Å². The third-order valence-corrected chi connectivity index (χ3v) is 8.65. The van der Waals surface area contributed by atoms with Crippen molar-refractivity contribution in [3.8, 4) is 0 Å². The van der Waals surface area contributed by atoms with Crippen LogP contribution in [0.2, 0.25) is 0 Å². The van der Waals surface area contributed by atoms with E-state index in [4.69, 9.17) is 4.74 Å². The first-order valence-electron chi connectivity index (χ1n) is 9.76. The molecule has 0 saturated heterocycles. The van der Waals surface area contributed by atoms with Crippen LogP contribution in [0.4, 0.5) is 0 Å². The van der Waals surface area contributed by atoms with E-state index in [1.165, 1.54) is 50.5 Å². The molecule has 0 heterocycles. The largest absolute Gasteiger partial charge is 0.390 e. The summed E-state index contributed by atoms with van der Waals surface area (Å²) in [6, 6.07) is 0. The van der Waals surface area contributed by atoms with Crippen LogP contribution in [0.1, 0.15) is 65.2 Å². The third-order valence-electron chi connectivity index (χ3n) is 8.65. The zero-order valence-electron chi connectivity index (χ0n) is 15.2. The average Bonchev–Trinajstić information content (AvgIpc) is 2.82. The first-order chi connectivity index (χ1) is 10.9. The number of fused-ring (bicyclic) bond motifs is 5. The van der Waals surface area contributed by atoms with Gasteiger partial charge in [-0.15, -0.1) is 0 Å². The lowest BCUT2D eigenvalue weighted by Crippen LogP contribution is -2.58. The van der Waals surface area contributed by atoms with E-state index in [2.05, 4.69) is 20.4 Å². The van der Waals surface area contributed by atoms with Gasteiger partial charge in [0.1, 0.15) is 0 Å². The molecule has 0 radical (unpaired) electrons. The quantitative estimate of drug-likeness (QED) is 0.718. The first kappa shape index (κ1) is 16.1. The molecule has 4 rings (SSSR count). The molecule has 0 aromatic carbocycles. The van der Waals surface area contributed by atoms with E-state index >= 15 is 0 Å². The maximum Gasteiger partial charge on any atom is 0.0863 e. The van der Waals surface area contributed by atoms with Crippen molar-refractivity contribution in [3.05, 3.63) is 12.2 Å². The summed E-state index contributed by atoms with van der Waals surface area (Å²) >= 11 is 0. The van der Waals surface area contributed by atoms with Gasteiger partial charge in [0.05, 0.1) is 12.2 Å². The molecule has 1 N–H and O–H groups in total. The van der Waals surface area contributed by atoms with Gasteiger partial charge in [-0.3, -0.25) is 0 Å². The molecule has 0 bridgehead atoms. The Morgan fingerprint density at radius 2 is 1.83 bits per heavy atom. The molecule has 4 saturated carbocycles. The van der Waals surface area contributed by atoms with Crippen molar-refractivity contribution in [3.63, 3.8) is 0 Å². The molecule has 0 amide bonds. The molecule has 0 unspecified atom stereocenters. The second-order valence-electron chi connectivity index (χ2n) is 9.70. The van der Waals surface area contributed by atoms with Crippen LogP contribution in [0, 0.1) is 34.5 Å². The summed E-state index contributed by atoms with van der Waals surface area (Å²) in [5, 5.41) is 10.4. The minimum absolute atomic E-state index is 0.0570. The van der Waals surface area contributed by atoms with Crippen LogP contribution in [0.25, 0.3) is 0 Å². The predicted octanol–water partition coefficient (Wildman–Crippen LogP) is 4.57. The van der Waals surface area contributed by atoms with Crippen molar-refractivity contribution < 1.29 is 9.84 Å². The predicted molar refractivity (Wildman–Crippen MR) is 93.1 cm³/mol. The normalized spacial score (nSPS) is 55.9. The van der Waals surface area contributed by atoms with E-state index < -0.39 is 0 Å². The Kier molecular flexibility index (Phi) is 3.74. The Hall–Kier alpha value is -0.340. The molecule has 2 nitrogen and oxygen atoms in total. The molecule has 0 aromatic heterocycles. The highest BCUT2D eigenvalue weighted by molar-refractivity contribution is 5.17. The first-order valence-corrected chi connectivity index (χ1v) is 9.76. The van der Waals surface area contributed by atoms with E-state index in [0.29, 0.717) is 16.7 Å². The van der Waals surface area contributed by atoms with Crippen LogP contribution < -0.4 is 0 Å². The van der Waals surface area contributed by atoms with E-state index in [9.17, 15) is 5.11 Å². The van der Waals surface area contributed by atoms with Crippen molar-refractivity contribution in [1.82, 2.24) is 0 Å². The van der Waals surface area contributed by atoms with E-state index in [1.807, 2.05) is 0 Å². The standard InChI is InChI=1S/C21H34O2/c1-13-11-17-14-5-6-16-19(23-4)18(22)8-10-21(16,3)15(14)7-9-20(17,2)12-13/h14-19,22H,1,5-12H2,2-4H3/t14-,15+,16+,17+,18-,19-,20-,21-/m0/s1. The second kappa shape index (κ2) is 5.33. The van der Waals surface area contributed by atoms with Gasteiger partial charge in [0.15, 0.2) is 0 Å². The van der Waals surface area contributed by atoms with Crippen molar-refractivity contribution in [2.45, 2.75) is 77.4 Å². The molecular formula is C21H34O2. The lowest BCUT2D eigenvalue weighted by molar-refractivity contribution is -0.179. The highest BCUT2D eigenvalue weighted by Gasteiger charge is 2.60. The number of rotatable bonds is 1. The summed E-state index contributed by atoms with van der Waals surface area (Å²) in [6.45, 7) is 9.40. The number of hydrogen-bond donors (Lipinski definition) is 1. The lowest BCUT2D eigenvalue weighted by atomic mass is 9.45. The fourth-order valence-electron chi connectivity index (χ4n) is 7.57. The fourth-order valence-corrected chi connectivity index (χ4v) is 7.57. The van der Waals surface area contributed by atoms with Gasteiger partial charge < -0.3 is 9.84 Å². The Morgan fingerprint density at radius 3 is 2.57 bits per heavy atom. The van der Waals surface area contributed by atoms with Gasteiger partial charge in [-0.25, -0.2) is 0 Å². The van der Waals surface area contributed by atoms with Crippen LogP contribution >= 0.6 is 0 Å². The summed E-state index contributed by atoms with van der Waals surface area (Å²) in [5.41, 5.74) is 2.39. The molecule has 8 atom stereocenters. The van der Waals surface area contributed by atoms with Gasteiger partial charge in [-0.2, -0.15) is 0 Å². The molecule has 4 aliphatic rings. The van der Waals surface area contributed by atoms with E-state index in [1.54, 1.807) is 7.11 Å². The summed E-state index contributed by atoms with van der Waals surface area (Å²) in [7, 11) is 1.80. The van der Waals surface area contributed by atoms with Crippen molar-refractivity contribution in [2.75, 3.05) is 7.11 Å². The Labute approximate surface area is 141 Å². The maximum absolute atomic E-state index is 10.4. The van der Waals surface area contributed by atoms with E-state index in [-0.39, 0.29) is 12.2 Å². The molecule has 0 aliphatic heterocycles. The number of aliphatic hydroxyl groups is 1. The van der Waals surface area contributed by atoms with Crippen LogP contribution in [0.3, 0.4) is 0 Å². The third kappa shape index (κ3) is 2.20. The fraction of sp³-hybridized carbons (Fsp3) is 0.905. The zero-order chi connectivity index (χ0) is 16.4.